The summed E-state index contributed by atoms with van der Waals surface area (Å²) in [5, 5.41) is 24.0. The Kier molecular flexibility index (Phi) is 6.94. The number of hydrogen-bond acceptors (Lipinski definition) is 2. The third-order valence-electron chi connectivity index (χ3n) is 9.68. The average Bonchev–Trinajstić information content (AvgIpc) is 3.29. The van der Waals surface area contributed by atoms with E-state index in [9.17, 15) is 10.2 Å². The summed E-state index contributed by atoms with van der Waals surface area (Å²) in [5.41, 5.74) is 7.35. The third kappa shape index (κ3) is 4.71. The zero-order valence-corrected chi connectivity index (χ0v) is 23.5. The molecular weight excluding hydrogens is 454 g/mol. The van der Waals surface area contributed by atoms with Crippen molar-refractivity contribution in [3.63, 3.8) is 0 Å². The Morgan fingerprint density at radius 2 is 1.14 bits per heavy atom. The summed E-state index contributed by atoms with van der Waals surface area (Å²) in [6.45, 7) is 8.94. The topological polar surface area (TPSA) is 45.4 Å². The van der Waals surface area contributed by atoms with E-state index >= 15 is 0 Å². The molecule has 2 aromatic carbocycles. The van der Waals surface area contributed by atoms with Gasteiger partial charge in [-0.1, -0.05) is 87.8 Å². The molecule has 0 saturated heterocycles. The second-order valence-corrected chi connectivity index (χ2v) is 12.7. The molecule has 0 spiro atoms. The normalized spacial score (nSPS) is 19.3. The predicted octanol–water partition coefficient (Wildman–Crippen LogP) is 8.68. The van der Waals surface area contributed by atoms with E-state index in [1.54, 1.807) is 0 Å². The fourth-order valence-corrected chi connectivity index (χ4v) is 7.44. The van der Waals surface area contributed by atoms with E-state index in [-0.39, 0.29) is 16.7 Å². The van der Waals surface area contributed by atoms with Crippen molar-refractivity contribution >= 4 is 0 Å². The first-order valence-electron chi connectivity index (χ1n) is 14.4. The molecule has 0 amide bonds. The molecule has 3 nitrogen and oxygen atoms in total. The van der Waals surface area contributed by atoms with Gasteiger partial charge >= 0.3 is 0 Å². The number of phenolic OH excluding ortho intramolecular Hbond substituents is 2. The molecule has 0 unspecified atom stereocenters. The van der Waals surface area contributed by atoms with Crippen LogP contribution in [-0.2, 0) is 17.9 Å². The maximum Gasteiger partial charge on any atom is 0.123 e. The minimum Gasteiger partial charge on any atom is -0.507 e. The van der Waals surface area contributed by atoms with Crippen LogP contribution in [0.5, 0.6) is 11.5 Å². The van der Waals surface area contributed by atoms with Gasteiger partial charge in [0.05, 0.1) is 5.92 Å². The maximum atomic E-state index is 12.0. The lowest BCUT2D eigenvalue weighted by Gasteiger charge is -2.37. The molecule has 3 heteroatoms. The van der Waals surface area contributed by atoms with Gasteiger partial charge in [-0.05, 0) is 62.5 Å². The predicted molar refractivity (Wildman–Crippen MR) is 153 cm³/mol. The Labute approximate surface area is 223 Å². The van der Waals surface area contributed by atoms with Crippen LogP contribution in [0, 0.1) is 13.8 Å². The molecule has 0 atom stereocenters. The van der Waals surface area contributed by atoms with Gasteiger partial charge in [-0.2, -0.15) is 0 Å². The highest BCUT2D eigenvalue weighted by atomic mass is 16.3. The van der Waals surface area contributed by atoms with Crippen LogP contribution in [0.1, 0.15) is 123 Å². The summed E-state index contributed by atoms with van der Waals surface area (Å²) in [6.07, 6.45) is 13.9. The SMILES string of the molecule is Cc1cc(C(c2cc(C)cc(C3(C)CCCCC3)c2O)c2cccn2C)c(O)c(C2(C)CCCCC2)c1. The van der Waals surface area contributed by atoms with Crippen LogP contribution >= 0.6 is 0 Å². The number of aromatic hydroxyl groups is 2. The van der Waals surface area contributed by atoms with E-state index < -0.39 is 0 Å². The first-order chi connectivity index (χ1) is 17.6. The average molecular weight is 500 g/mol. The van der Waals surface area contributed by atoms with Crippen LogP contribution in [-0.4, -0.2) is 14.8 Å². The molecule has 5 rings (SSSR count). The summed E-state index contributed by atoms with van der Waals surface area (Å²) >= 11 is 0. The van der Waals surface area contributed by atoms with E-state index in [4.69, 9.17) is 0 Å². The molecule has 2 aliphatic carbocycles. The number of rotatable bonds is 5. The molecule has 0 radical (unpaired) electrons. The van der Waals surface area contributed by atoms with Gasteiger partial charge in [0, 0.05) is 41.2 Å². The maximum absolute atomic E-state index is 12.0. The fraction of sp³-hybridized carbons (Fsp3) is 0.529. The van der Waals surface area contributed by atoms with Crippen molar-refractivity contribution in [2.75, 3.05) is 0 Å². The molecule has 2 fully saturated rings. The van der Waals surface area contributed by atoms with Crippen molar-refractivity contribution in [1.29, 1.82) is 0 Å². The van der Waals surface area contributed by atoms with Crippen molar-refractivity contribution in [3.8, 4) is 11.5 Å². The zero-order valence-electron chi connectivity index (χ0n) is 23.5. The first kappa shape index (κ1) is 25.9. The summed E-state index contributed by atoms with van der Waals surface area (Å²) < 4.78 is 2.14. The van der Waals surface area contributed by atoms with E-state index in [0.29, 0.717) is 11.5 Å². The van der Waals surface area contributed by atoms with Crippen LogP contribution in [0.25, 0.3) is 0 Å². The monoisotopic (exact) mass is 499 g/mol. The lowest BCUT2D eigenvalue weighted by Crippen LogP contribution is -2.26. The van der Waals surface area contributed by atoms with E-state index in [1.807, 2.05) is 0 Å². The molecule has 198 valence electrons. The first-order valence-corrected chi connectivity index (χ1v) is 14.4. The van der Waals surface area contributed by atoms with E-state index in [2.05, 4.69) is 81.9 Å². The van der Waals surface area contributed by atoms with Crippen LogP contribution in [0.15, 0.2) is 42.6 Å². The fourth-order valence-electron chi connectivity index (χ4n) is 7.44. The van der Waals surface area contributed by atoms with Gasteiger partial charge < -0.3 is 14.8 Å². The number of hydrogen-bond donors (Lipinski definition) is 2. The Morgan fingerprint density at radius 1 is 0.703 bits per heavy atom. The Hall–Kier alpha value is -2.68. The molecule has 37 heavy (non-hydrogen) atoms. The molecule has 2 saturated carbocycles. The molecule has 2 N–H and O–H groups in total. The van der Waals surface area contributed by atoms with E-state index in [1.165, 1.54) is 49.7 Å². The van der Waals surface area contributed by atoms with Crippen LogP contribution in [0.3, 0.4) is 0 Å². The second-order valence-electron chi connectivity index (χ2n) is 12.7. The molecule has 0 bridgehead atoms. The van der Waals surface area contributed by atoms with Crippen LogP contribution in [0.2, 0.25) is 0 Å². The Balaban J connectivity index is 1.74. The van der Waals surface area contributed by atoms with Crippen molar-refractivity contribution in [2.45, 2.75) is 109 Å². The van der Waals surface area contributed by atoms with Gasteiger partial charge in [0.2, 0.25) is 0 Å². The number of aryl methyl sites for hydroxylation is 3. The van der Waals surface area contributed by atoms with Gasteiger partial charge in [-0.25, -0.2) is 0 Å². The molecule has 2 aliphatic rings. The van der Waals surface area contributed by atoms with Gasteiger partial charge in [-0.3, -0.25) is 0 Å². The third-order valence-corrected chi connectivity index (χ3v) is 9.68. The lowest BCUT2D eigenvalue weighted by atomic mass is 9.68. The molecular formula is C34H45NO2. The summed E-state index contributed by atoms with van der Waals surface area (Å²) in [5.74, 6) is 0.566. The number of nitrogens with zero attached hydrogens (tertiary/aromatic N) is 1. The quantitative estimate of drug-likeness (QED) is 0.369. The van der Waals surface area contributed by atoms with Gasteiger partial charge in [0.15, 0.2) is 0 Å². The van der Waals surface area contributed by atoms with Gasteiger partial charge in [0.25, 0.3) is 0 Å². The zero-order chi connectivity index (χ0) is 26.4. The smallest absolute Gasteiger partial charge is 0.123 e. The van der Waals surface area contributed by atoms with Crippen LogP contribution in [0.4, 0.5) is 0 Å². The Bertz CT molecular complexity index is 1190. The van der Waals surface area contributed by atoms with Crippen molar-refractivity contribution < 1.29 is 10.2 Å². The van der Waals surface area contributed by atoms with Gasteiger partial charge in [0.1, 0.15) is 11.5 Å². The molecule has 1 aromatic heterocycles. The van der Waals surface area contributed by atoms with Crippen molar-refractivity contribution in [1.82, 2.24) is 4.57 Å². The molecule has 1 heterocycles. The molecule has 3 aromatic rings. The van der Waals surface area contributed by atoms with Gasteiger partial charge in [-0.15, -0.1) is 0 Å². The largest absolute Gasteiger partial charge is 0.507 e. The molecule has 0 aliphatic heterocycles. The highest BCUT2D eigenvalue weighted by Crippen LogP contribution is 2.51. The second kappa shape index (κ2) is 9.89. The summed E-state index contributed by atoms with van der Waals surface area (Å²) in [7, 11) is 2.06. The van der Waals surface area contributed by atoms with Crippen molar-refractivity contribution in [3.05, 3.63) is 81.7 Å². The number of aromatic nitrogens is 1. The van der Waals surface area contributed by atoms with Crippen molar-refractivity contribution in [2.24, 2.45) is 7.05 Å². The highest BCUT2D eigenvalue weighted by Gasteiger charge is 2.37. The standard InChI is InChI=1S/C34H45NO2/c1-23-19-25(31(36)27(21-23)33(3)14-8-6-9-15-33)30(29-13-12-18-35(29)5)26-20-24(2)22-28(32(26)37)34(4)16-10-7-11-17-34/h12-13,18-22,30,36-37H,6-11,14-17H2,1-5H3. The number of benzene rings is 2. The highest BCUT2D eigenvalue weighted by molar-refractivity contribution is 5.59. The minimum atomic E-state index is -0.253. The summed E-state index contributed by atoms with van der Waals surface area (Å²) in [6, 6.07) is 12.9. The Morgan fingerprint density at radius 3 is 1.51 bits per heavy atom. The number of phenols is 2. The minimum absolute atomic E-state index is 0.0166. The van der Waals surface area contributed by atoms with E-state index in [0.717, 1.165) is 53.6 Å². The summed E-state index contributed by atoms with van der Waals surface area (Å²) in [4.78, 5) is 0. The lowest BCUT2D eigenvalue weighted by molar-refractivity contribution is 0.306. The van der Waals surface area contributed by atoms with Crippen LogP contribution < -0.4 is 0 Å².